The van der Waals surface area contributed by atoms with Gasteiger partial charge in [-0.3, -0.25) is 0 Å². The Hall–Kier alpha value is -1.72. The highest BCUT2D eigenvalue weighted by atomic mass is 35.5. The van der Waals surface area contributed by atoms with Crippen molar-refractivity contribution in [2.75, 3.05) is 20.7 Å². The third kappa shape index (κ3) is 3.05. The van der Waals surface area contributed by atoms with Crippen LogP contribution in [0.25, 0.3) is 11.0 Å². The van der Waals surface area contributed by atoms with Gasteiger partial charge in [0.25, 0.3) is 0 Å². The summed E-state index contributed by atoms with van der Waals surface area (Å²) in [7, 11) is 3.77. The van der Waals surface area contributed by atoms with Crippen LogP contribution in [0.1, 0.15) is 23.0 Å². The standard InChI is InChI=1S/C14H17NO4.ClH/c1-4-18-14(17)13-9(8-15(2)3)12-10(16)6-5-7-11(12)19-13;/h5-7,16H,4,8H2,1-3H3;1H. The largest absolute Gasteiger partial charge is 0.507 e. The first-order valence-corrected chi connectivity index (χ1v) is 6.09. The summed E-state index contributed by atoms with van der Waals surface area (Å²) in [5.74, 6) is -0.240. The first-order valence-electron chi connectivity index (χ1n) is 6.09. The number of phenols is 1. The van der Waals surface area contributed by atoms with Crippen LogP contribution in [-0.4, -0.2) is 36.7 Å². The SMILES string of the molecule is CCOC(=O)c1oc2cccc(O)c2c1CN(C)C.Cl. The highest BCUT2D eigenvalue weighted by Gasteiger charge is 2.23. The molecule has 5 nitrogen and oxygen atoms in total. The van der Waals surface area contributed by atoms with Gasteiger partial charge in [0.2, 0.25) is 5.76 Å². The van der Waals surface area contributed by atoms with E-state index in [1.807, 2.05) is 19.0 Å². The fraction of sp³-hybridized carbons (Fsp3) is 0.357. The molecule has 2 aromatic rings. The monoisotopic (exact) mass is 299 g/mol. The van der Waals surface area contributed by atoms with Crippen molar-refractivity contribution in [2.24, 2.45) is 0 Å². The fourth-order valence-electron chi connectivity index (χ4n) is 2.02. The van der Waals surface area contributed by atoms with E-state index in [-0.39, 0.29) is 30.5 Å². The molecule has 1 aromatic carbocycles. The van der Waals surface area contributed by atoms with Crippen LogP contribution in [0.3, 0.4) is 0 Å². The van der Waals surface area contributed by atoms with Crippen LogP contribution < -0.4 is 0 Å². The molecular formula is C14H18ClNO4. The summed E-state index contributed by atoms with van der Waals surface area (Å²) in [6, 6.07) is 4.97. The maximum Gasteiger partial charge on any atom is 0.374 e. The van der Waals surface area contributed by atoms with Gasteiger partial charge in [0.05, 0.1) is 12.0 Å². The van der Waals surface area contributed by atoms with Crippen molar-refractivity contribution < 1.29 is 19.1 Å². The van der Waals surface area contributed by atoms with Crippen molar-refractivity contribution in [3.8, 4) is 5.75 Å². The summed E-state index contributed by atoms with van der Waals surface area (Å²) < 4.78 is 10.5. The fourth-order valence-corrected chi connectivity index (χ4v) is 2.02. The molecule has 1 aromatic heterocycles. The van der Waals surface area contributed by atoms with E-state index in [1.165, 1.54) is 0 Å². The zero-order valence-corrected chi connectivity index (χ0v) is 12.5. The number of nitrogens with zero attached hydrogens (tertiary/aromatic N) is 1. The molecule has 110 valence electrons. The molecule has 1 heterocycles. The molecule has 0 fully saturated rings. The lowest BCUT2D eigenvalue weighted by atomic mass is 10.1. The van der Waals surface area contributed by atoms with Crippen molar-refractivity contribution >= 4 is 29.3 Å². The number of carbonyl (C=O) groups is 1. The van der Waals surface area contributed by atoms with Gasteiger partial charge in [-0.2, -0.15) is 0 Å². The quantitative estimate of drug-likeness (QED) is 0.880. The Balaban J connectivity index is 0.00000200. The summed E-state index contributed by atoms with van der Waals surface area (Å²) in [6.45, 7) is 2.51. The van der Waals surface area contributed by atoms with Gasteiger partial charge in [-0.1, -0.05) is 6.07 Å². The minimum atomic E-state index is -0.505. The van der Waals surface area contributed by atoms with Crippen LogP contribution in [0.15, 0.2) is 22.6 Å². The predicted molar refractivity (Wildman–Crippen MR) is 78.5 cm³/mol. The van der Waals surface area contributed by atoms with E-state index >= 15 is 0 Å². The molecule has 0 aliphatic carbocycles. The minimum Gasteiger partial charge on any atom is -0.507 e. The Morgan fingerprint density at radius 2 is 2.10 bits per heavy atom. The van der Waals surface area contributed by atoms with Crippen LogP contribution in [-0.2, 0) is 11.3 Å². The number of ether oxygens (including phenoxy) is 1. The van der Waals surface area contributed by atoms with E-state index < -0.39 is 5.97 Å². The lowest BCUT2D eigenvalue weighted by Gasteiger charge is -2.10. The maximum absolute atomic E-state index is 11.9. The molecule has 0 aliphatic rings. The molecule has 0 radical (unpaired) electrons. The first-order chi connectivity index (χ1) is 9.04. The van der Waals surface area contributed by atoms with Gasteiger partial charge >= 0.3 is 5.97 Å². The van der Waals surface area contributed by atoms with Crippen molar-refractivity contribution in [3.63, 3.8) is 0 Å². The predicted octanol–water partition coefficient (Wildman–Crippen LogP) is 2.80. The highest BCUT2D eigenvalue weighted by molar-refractivity contribution is 5.98. The van der Waals surface area contributed by atoms with Crippen LogP contribution >= 0.6 is 12.4 Å². The number of carbonyl (C=O) groups excluding carboxylic acids is 1. The van der Waals surface area contributed by atoms with Crippen molar-refractivity contribution in [2.45, 2.75) is 13.5 Å². The third-order valence-electron chi connectivity index (χ3n) is 2.73. The summed E-state index contributed by atoms with van der Waals surface area (Å²) in [6.07, 6.45) is 0. The van der Waals surface area contributed by atoms with E-state index in [4.69, 9.17) is 9.15 Å². The van der Waals surface area contributed by atoms with Crippen molar-refractivity contribution in [3.05, 3.63) is 29.5 Å². The van der Waals surface area contributed by atoms with Gasteiger partial charge in [-0.25, -0.2) is 4.79 Å². The van der Waals surface area contributed by atoms with Crippen LogP contribution in [0.4, 0.5) is 0 Å². The summed E-state index contributed by atoms with van der Waals surface area (Å²) in [5.41, 5.74) is 1.14. The molecular weight excluding hydrogens is 282 g/mol. The van der Waals surface area contributed by atoms with E-state index in [0.717, 1.165) is 0 Å². The lowest BCUT2D eigenvalue weighted by Crippen LogP contribution is -2.14. The number of phenolic OH excluding ortho intramolecular Hbond substituents is 1. The Kier molecular flexibility index (Phi) is 5.42. The van der Waals surface area contributed by atoms with E-state index in [0.29, 0.717) is 23.1 Å². The molecule has 0 bridgehead atoms. The topological polar surface area (TPSA) is 62.9 Å². The minimum absolute atomic E-state index is 0. The number of aromatic hydroxyl groups is 1. The van der Waals surface area contributed by atoms with Crippen LogP contribution in [0.5, 0.6) is 5.75 Å². The maximum atomic E-state index is 11.9. The molecule has 6 heteroatoms. The van der Waals surface area contributed by atoms with Gasteiger partial charge in [-0.05, 0) is 33.2 Å². The number of benzene rings is 1. The highest BCUT2D eigenvalue weighted by Crippen LogP contribution is 2.33. The normalized spacial score (nSPS) is 10.6. The zero-order chi connectivity index (χ0) is 14.0. The number of halogens is 1. The first kappa shape index (κ1) is 16.3. The lowest BCUT2D eigenvalue weighted by molar-refractivity contribution is 0.0490. The number of esters is 1. The molecule has 2 rings (SSSR count). The number of fused-ring (bicyclic) bond motifs is 1. The van der Waals surface area contributed by atoms with Gasteiger partial charge < -0.3 is 19.2 Å². The average molecular weight is 300 g/mol. The molecule has 0 saturated heterocycles. The molecule has 20 heavy (non-hydrogen) atoms. The third-order valence-corrected chi connectivity index (χ3v) is 2.73. The van der Waals surface area contributed by atoms with Crippen molar-refractivity contribution in [1.82, 2.24) is 4.90 Å². The van der Waals surface area contributed by atoms with Crippen LogP contribution in [0, 0.1) is 0 Å². The van der Waals surface area contributed by atoms with Gasteiger partial charge in [0, 0.05) is 12.1 Å². The number of hydrogen-bond acceptors (Lipinski definition) is 5. The molecule has 0 amide bonds. The molecule has 0 atom stereocenters. The smallest absolute Gasteiger partial charge is 0.374 e. The van der Waals surface area contributed by atoms with Crippen LogP contribution in [0.2, 0.25) is 0 Å². The summed E-state index contributed by atoms with van der Waals surface area (Å²) in [5, 5.41) is 10.5. The average Bonchev–Trinajstić information content (AvgIpc) is 2.69. The molecule has 0 unspecified atom stereocenters. The Morgan fingerprint density at radius 1 is 1.40 bits per heavy atom. The van der Waals surface area contributed by atoms with E-state index in [2.05, 4.69) is 0 Å². The zero-order valence-electron chi connectivity index (χ0n) is 11.7. The molecule has 0 saturated carbocycles. The summed E-state index contributed by atoms with van der Waals surface area (Å²) in [4.78, 5) is 13.8. The number of rotatable bonds is 4. The van der Waals surface area contributed by atoms with Gasteiger partial charge in [0.15, 0.2) is 0 Å². The molecule has 1 N–H and O–H groups in total. The number of hydrogen-bond donors (Lipinski definition) is 1. The molecule has 0 aliphatic heterocycles. The van der Waals surface area contributed by atoms with E-state index in [1.54, 1.807) is 25.1 Å². The van der Waals surface area contributed by atoms with Crippen molar-refractivity contribution in [1.29, 1.82) is 0 Å². The Morgan fingerprint density at radius 3 is 2.70 bits per heavy atom. The van der Waals surface area contributed by atoms with Gasteiger partial charge in [0.1, 0.15) is 11.3 Å². The van der Waals surface area contributed by atoms with E-state index in [9.17, 15) is 9.90 Å². The second kappa shape index (κ2) is 6.63. The Labute approximate surface area is 123 Å². The van der Waals surface area contributed by atoms with Gasteiger partial charge in [-0.15, -0.1) is 12.4 Å². The number of furan rings is 1. The molecule has 0 spiro atoms. The Bertz CT molecular complexity index is 606. The second-order valence-electron chi connectivity index (χ2n) is 4.52. The summed E-state index contributed by atoms with van der Waals surface area (Å²) >= 11 is 0. The second-order valence-corrected chi connectivity index (χ2v) is 4.52.